The van der Waals surface area contributed by atoms with Crippen LogP contribution in [0.2, 0.25) is 0 Å². The second kappa shape index (κ2) is 8.49. The zero-order valence-corrected chi connectivity index (χ0v) is 14.2. The van der Waals surface area contributed by atoms with Gasteiger partial charge in [0.15, 0.2) is 5.96 Å². The van der Waals surface area contributed by atoms with Crippen LogP contribution in [-0.4, -0.2) is 19.3 Å². The summed E-state index contributed by atoms with van der Waals surface area (Å²) in [6.07, 6.45) is 2.11. The highest BCUT2D eigenvalue weighted by Crippen LogP contribution is 2.21. The van der Waals surface area contributed by atoms with Gasteiger partial charge in [-0.2, -0.15) is 0 Å². The third kappa shape index (κ3) is 4.81. The van der Waals surface area contributed by atoms with Crippen molar-refractivity contribution in [1.82, 2.24) is 10.6 Å². The number of benzene rings is 2. The quantitative estimate of drug-likeness (QED) is 0.503. The summed E-state index contributed by atoms with van der Waals surface area (Å²) in [6, 6.07) is 16.9. The lowest BCUT2D eigenvalue weighted by Crippen LogP contribution is -2.36. The summed E-state index contributed by atoms with van der Waals surface area (Å²) in [5.41, 5.74) is 3.83. The van der Waals surface area contributed by atoms with Crippen LogP contribution in [0.5, 0.6) is 0 Å². The minimum Gasteiger partial charge on any atom is -0.352 e. The molecule has 4 heteroatoms. The summed E-state index contributed by atoms with van der Waals surface area (Å²) in [5.74, 6) is 0.816. The Kier molecular flexibility index (Phi) is 6.34. The van der Waals surface area contributed by atoms with Gasteiger partial charge in [-0.25, -0.2) is 0 Å². The topological polar surface area (TPSA) is 36.4 Å². The maximum absolute atomic E-state index is 4.28. The smallest absolute Gasteiger partial charge is 0.191 e. The molecule has 0 fully saturated rings. The van der Waals surface area contributed by atoms with Crippen LogP contribution in [-0.2, 0) is 13.1 Å². The molecule has 0 spiro atoms. The number of thioether (sulfide) groups is 1. The van der Waals surface area contributed by atoms with Crippen molar-refractivity contribution in [2.45, 2.75) is 24.9 Å². The van der Waals surface area contributed by atoms with Gasteiger partial charge >= 0.3 is 0 Å². The molecule has 0 heterocycles. The Morgan fingerprint density at radius 3 is 2.45 bits per heavy atom. The monoisotopic (exact) mass is 313 g/mol. The number of aryl methyl sites for hydroxylation is 1. The van der Waals surface area contributed by atoms with Gasteiger partial charge in [0.2, 0.25) is 0 Å². The lowest BCUT2D eigenvalue weighted by molar-refractivity contribution is 0.801. The normalized spacial score (nSPS) is 11.3. The average Bonchev–Trinajstić information content (AvgIpc) is 2.56. The van der Waals surface area contributed by atoms with Crippen molar-refractivity contribution in [3.05, 3.63) is 65.2 Å². The maximum atomic E-state index is 4.28. The van der Waals surface area contributed by atoms with Crippen molar-refractivity contribution >= 4 is 17.7 Å². The molecule has 2 rings (SSSR count). The Balaban J connectivity index is 1.91. The van der Waals surface area contributed by atoms with E-state index in [0.29, 0.717) is 0 Å². The van der Waals surface area contributed by atoms with Gasteiger partial charge in [-0.15, -0.1) is 11.8 Å². The molecule has 2 aromatic carbocycles. The lowest BCUT2D eigenvalue weighted by Gasteiger charge is -2.14. The molecule has 0 bridgehead atoms. The molecule has 0 unspecified atom stereocenters. The minimum atomic E-state index is 0.768. The van der Waals surface area contributed by atoms with E-state index in [4.69, 9.17) is 0 Å². The van der Waals surface area contributed by atoms with Crippen LogP contribution in [0, 0.1) is 6.92 Å². The van der Waals surface area contributed by atoms with Crippen molar-refractivity contribution in [1.29, 1.82) is 0 Å². The Labute approximate surface area is 137 Å². The molecule has 22 heavy (non-hydrogen) atoms. The molecule has 3 nitrogen and oxygen atoms in total. The molecule has 0 aliphatic carbocycles. The molecule has 0 radical (unpaired) electrons. The van der Waals surface area contributed by atoms with Crippen LogP contribution in [0.25, 0.3) is 0 Å². The van der Waals surface area contributed by atoms with Crippen molar-refractivity contribution in [2.24, 2.45) is 4.99 Å². The fourth-order valence-corrected chi connectivity index (χ4v) is 2.89. The van der Waals surface area contributed by atoms with Crippen molar-refractivity contribution < 1.29 is 0 Å². The summed E-state index contributed by atoms with van der Waals surface area (Å²) in [4.78, 5) is 5.59. The van der Waals surface area contributed by atoms with E-state index in [2.05, 4.69) is 59.1 Å². The fourth-order valence-electron chi connectivity index (χ4n) is 2.18. The molecule has 116 valence electrons. The first-order valence-corrected chi connectivity index (χ1v) is 8.57. The molecule has 0 aliphatic rings. The lowest BCUT2D eigenvalue weighted by atomic mass is 10.1. The number of nitrogens with zero attached hydrogens (tertiary/aromatic N) is 1. The summed E-state index contributed by atoms with van der Waals surface area (Å²) < 4.78 is 0. The van der Waals surface area contributed by atoms with Gasteiger partial charge < -0.3 is 10.6 Å². The van der Waals surface area contributed by atoms with Gasteiger partial charge in [0.1, 0.15) is 0 Å². The fraction of sp³-hybridized carbons (Fsp3) is 0.278. The van der Waals surface area contributed by atoms with E-state index in [1.165, 1.54) is 21.6 Å². The van der Waals surface area contributed by atoms with Crippen LogP contribution >= 0.6 is 11.8 Å². The van der Waals surface area contributed by atoms with E-state index in [1.54, 1.807) is 18.8 Å². The first-order valence-electron chi connectivity index (χ1n) is 7.35. The summed E-state index contributed by atoms with van der Waals surface area (Å²) in [5, 5.41) is 6.71. The van der Waals surface area contributed by atoms with E-state index >= 15 is 0 Å². The number of hydrogen-bond acceptors (Lipinski definition) is 2. The van der Waals surface area contributed by atoms with E-state index in [0.717, 1.165) is 19.0 Å². The van der Waals surface area contributed by atoms with Crippen molar-refractivity contribution in [3.8, 4) is 0 Å². The average molecular weight is 313 g/mol. The second-order valence-corrected chi connectivity index (χ2v) is 5.93. The van der Waals surface area contributed by atoms with E-state index in [-0.39, 0.29) is 0 Å². The number of hydrogen-bond donors (Lipinski definition) is 2. The highest BCUT2D eigenvalue weighted by molar-refractivity contribution is 7.98. The number of nitrogens with one attached hydrogen (secondary N) is 2. The Hall–Kier alpha value is -1.94. The van der Waals surface area contributed by atoms with Gasteiger partial charge in [-0.3, -0.25) is 4.99 Å². The predicted molar refractivity (Wildman–Crippen MR) is 96.4 cm³/mol. The molecule has 0 saturated heterocycles. The summed E-state index contributed by atoms with van der Waals surface area (Å²) >= 11 is 1.78. The number of guanidine groups is 1. The maximum Gasteiger partial charge on any atom is 0.191 e. The summed E-state index contributed by atoms with van der Waals surface area (Å²) in [7, 11) is 1.80. The molecule has 2 N–H and O–H groups in total. The van der Waals surface area contributed by atoms with Crippen LogP contribution in [0.3, 0.4) is 0 Å². The van der Waals surface area contributed by atoms with E-state index in [9.17, 15) is 0 Å². The molecule has 0 aromatic heterocycles. The van der Waals surface area contributed by atoms with E-state index < -0.39 is 0 Å². The molecule has 0 amide bonds. The van der Waals surface area contributed by atoms with Crippen LogP contribution in [0.4, 0.5) is 0 Å². The van der Waals surface area contributed by atoms with Gasteiger partial charge in [0.25, 0.3) is 0 Å². The Morgan fingerprint density at radius 1 is 1.05 bits per heavy atom. The van der Waals surface area contributed by atoms with Gasteiger partial charge in [0.05, 0.1) is 0 Å². The molecule has 2 aromatic rings. The largest absolute Gasteiger partial charge is 0.352 e. The highest BCUT2D eigenvalue weighted by Gasteiger charge is 2.03. The summed E-state index contributed by atoms with van der Waals surface area (Å²) in [6.45, 7) is 3.66. The minimum absolute atomic E-state index is 0.768. The SMILES string of the molecule is CN=C(NCc1ccccc1)NCc1ccc(C)cc1SC. The Morgan fingerprint density at radius 2 is 1.77 bits per heavy atom. The predicted octanol–water partition coefficient (Wildman–Crippen LogP) is 3.58. The zero-order chi connectivity index (χ0) is 15.8. The first kappa shape index (κ1) is 16.4. The molecular formula is C18H23N3S. The first-order chi connectivity index (χ1) is 10.7. The van der Waals surface area contributed by atoms with Crippen LogP contribution in [0.1, 0.15) is 16.7 Å². The van der Waals surface area contributed by atoms with Gasteiger partial charge in [-0.05, 0) is 35.9 Å². The second-order valence-electron chi connectivity index (χ2n) is 5.08. The van der Waals surface area contributed by atoms with Gasteiger partial charge in [0, 0.05) is 25.0 Å². The Bertz CT molecular complexity index is 623. The third-order valence-electron chi connectivity index (χ3n) is 3.42. The van der Waals surface area contributed by atoms with Gasteiger partial charge in [-0.1, -0.05) is 42.5 Å². The highest BCUT2D eigenvalue weighted by atomic mass is 32.2. The molecule has 0 aliphatic heterocycles. The molecule has 0 saturated carbocycles. The molecule has 0 atom stereocenters. The standard InChI is InChI=1S/C18H23N3S/c1-14-9-10-16(17(11-14)22-3)13-21-18(19-2)20-12-15-7-5-4-6-8-15/h4-11H,12-13H2,1-3H3,(H2,19,20,21). The van der Waals surface area contributed by atoms with Crippen LogP contribution < -0.4 is 10.6 Å². The number of aliphatic imine (C=N–C) groups is 1. The van der Waals surface area contributed by atoms with E-state index in [1.807, 2.05) is 18.2 Å². The number of rotatable bonds is 5. The van der Waals surface area contributed by atoms with Crippen molar-refractivity contribution in [2.75, 3.05) is 13.3 Å². The zero-order valence-electron chi connectivity index (χ0n) is 13.4. The third-order valence-corrected chi connectivity index (χ3v) is 4.24. The molecular weight excluding hydrogens is 290 g/mol. The van der Waals surface area contributed by atoms with Crippen molar-refractivity contribution in [3.63, 3.8) is 0 Å². The van der Waals surface area contributed by atoms with Crippen LogP contribution in [0.15, 0.2) is 58.4 Å².